The van der Waals surface area contributed by atoms with Gasteiger partial charge in [0.1, 0.15) is 0 Å². The van der Waals surface area contributed by atoms with E-state index < -0.39 is 5.97 Å². The summed E-state index contributed by atoms with van der Waals surface area (Å²) in [6, 6.07) is 5.41. The number of aromatic hydroxyl groups is 1. The Labute approximate surface area is 112 Å². The standard InChI is InChI=1S/C14H19NO4/c1-2-19-12-5-3-4-10(13(12)16)8-15-7-6-11(9-15)14(17)18/h3-5,11,16H,2,6-9H2,1H3,(H,17,18). The molecule has 1 atom stereocenters. The van der Waals surface area contributed by atoms with Gasteiger partial charge in [-0.25, -0.2) is 0 Å². The number of nitrogens with zero attached hydrogens (tertiary/aromatic N) is 1. The van der Waals surface area contributed by atoms with Crippen LogP contribution in [0.1, 0.15) is 18.9 Å². The van der Waals surface area contributed by atoms with E-state index in [2.05, 4.69) is 0 Å². The smallest absolute Gasteiger partial charge is 0.307 e. The number of para-hydroxylation sites is 1. The lowest BCUT2D eigenvalue weighted by molar-refractivity contribution is -0.141. The number of benzene rings is 1. The van der Waals surface area contributed by atoms with Crippen molar-refractivity contribution in [2.24, 2.45) is 5.92 Å². The van der Waals surface area contributed by atoms with E-state index in [4.69, 9.17) is 9.84 Å². The van der Waals surface area contributed by atoms with E-state index in [0.717, 1.165) is 12.1 Å². The number of carbonyl (C=O) groups is 1. The summed E-state index contributed by atoms with van der Waals surface area (Å²) in [6.45, 7) is 4.20. The monoisotopic (exact) mass is 265 g/mol. The first-order valence-electron chi connectivity index (χ1n) is 6.50. The van der Waals surface area contributed by atoms with Gasteiger partial charge in [-0.3, -0.25) is 9.69 Å². The van der Waals surface area contributed by atoms with E-state index in [1.807, 2.05) is 24.0 Å². The van der Waals surface area contributed by atoms with Crippen LogP contribution in [0.25, 0.3) is 0 Å². The molecule has 2 N–H and O–H groups in total. The highest BCUT2D eigenvalue weighted by Crippen LogP contribution is 2.31. The van der Waals surface area contributed by atoms with E-state index in [1.165, 1.54) is 0 Å². The number of rotatable bonds is 5. The van der Waals surface area contributed by atoms with Crippen LogP contribution in [0.5, 0.6) is 11.5 Å². The van der Waals surface area contributed by atoms with E-state index >= 15 is 0 Å². The van der Waals surface area contributed by atoms with Crippen LogP contribution < -0.4 is 4.74 Å². The average Bonchev–Trinajstić information content (AvgIpc) is 2.83. The van der Waals surface area contributed by atoms with Crippen LogP contribution >= 0.6 is 0 Å². The number of likely N-dealkylation sites (tertiary alicyclic amines) is 1. The van der Waals surface area contributed by atoms with Crippen molar-refractivity contribution >= 4 is 5.97 Å². The van der Waals surface area contributed by atoms with Crippen molar-refractivity contribution in [3.05, 3.63) is 23.8 Å². The summed E-state index contributed by atoms with van der Waals surface area (Å²) in [7, 11) is 0. The topological polar surface area (TPSA) is 70.0 Å². The Morgan fingerprint density at radius 3 is 2.95 bits per heavy atom. The number of phenols is 1. The van der Waals surface area contributed by atoms with Gasteiger partial charge in [-0.05, 0) is 26.0 Å². The van der Waals surface area contributed by atoms with Crippen molar-refractivity contribution in [2.45, 2.75) is 19.9 Å². The molecule has 1 heterocycles. The number of aliphatic carboxylic acids is 1. The first-order chi connectivity index (χ1) is 9.11. The maximum absolute atomic E-state index is 10.9. The Kier molecular flexibility index (Phi) is 4.27. The molecule has 5 nitrogen and oxygen atoms in total. The predicted molar refractivity (Wildman–Crippen MR) is 70.3 cm³/mol. The van der Waals surface area contributed by atoms with Crippen molar-refractivity contribution in [1.29, 1.82) is 0 Å². The van der Waals surface area contributed by atoms with Crippen molar-refractivity contribution < 1.29 is 19.7 Å². The van der Waals surface area contributed by atoms with Gasteiger partial charge in [-0.2, -0.15) is 0 Å². The van der Waals surface area contributed by atoms with Crippen LogP contribution in [0.3, 0.4) is 0 Å². The molecule has 1 aromatic carbocycles. The van der Waals surface area contributed by atoms with Gasteiger partial charge >= 0.3 is 5.97 Å². The molecule has 104 valence electrons. The number of carboxylic acids is 1. The first-order valence-corrected chi connectivity index (χ1v) is 6.50. The molecule has 0 amide bonds. The fourth-order valence-corrected chi connectivity index (χ4v) is 2.39. The Bertz CT molecular complexity index is 461. The molecule has 1 fully saturated rings. The Morgan fingerprint density at radius 1 is 1.53 bits per heavy atom. The molecule has 1 unspecified atom stereocenters. The largest absolute Gasteiger partial charge is 0.504 e. The van der Waals surface area contributed by atoms with Gasteiger partial charge in [0, 0.05) is 18.7 Å². The molecule has 2 rings (SSSR count). The number of hydrogen-bond donors (Lipinski definition) is 2. The van der Waals surface area contributed by atoms with E-state index in [-0.39, 0.29) is 11.7 Å². The Balaban J connectivity index is 2.04. The minimum atomic E-state index is -0.741. The third-order valence-corrected chi connectivity index (χ3v) is 3.40. The van der Waals surface area contributed by atoms with Crippen molar-refractivity contribution in [3.8, 4) is 11.5 Å². The fourth-order valence-electron chi connectivity index (χ4n) is 2.39. The second-order valence-corrected chi connectivity index (χ2v) is 4.76. The maximum atomic E-state index is 10.9. The lowest BCUT2D eigenvalue weighted by Crippen LogP contribution is -2.22. The average molecular weight is 265 g/mol. The van der Waals surface area contributed by atoms with Crippen molar-refractivity contribution in [3.63, 3.8) is 0 Å². The zero-order chi connectivity index (χ0) is 13.8. The first kappa shape index (κ1) is 13.7. The quantitative estimate of drug-likeness (QED) is 0.848. The molecular weight excluding hydrogens is 246 g/mol. The summed E-state index contributed by atoms with van der Waals surface area (Å²) in [5.41, 5.74) is 0.775. The third-order valence-electron chi connectivity index (χ3n) is 3.40. The number of hydrogen-bond acceptors (Lipinski definition) is 4. The molecule has 1 aliphatic rings. The van der Waals surface area contributed by atoms with Crippen molar-refractivity contribution in [2.75, 3.05) is 19.7 Å². The van der Waals surface area contributed by atoms with Crippen LogP contribution in [0, 0.1) is 5.92 Å². The molecule has 1 saturated heterocycles. The summed E-state index contributed by atoms with van der Waals surface area (Å²) in [4.78, 5) is 13.0. The zero-order valence-electron chi connectivity index (χ0n) is 11.0. The summed E-state index contributed by atoms with van der Waals surface area (Å²) in [5.74, 6) is -0.399. The molecular formula is C14H19NO4. The van der Waals surface area contributed by atoms with Crippen molar-refractivity contribution in [1.82, 2.24) is 4.90 Å². The Morgan fingerprint density at radius 2 is 2.32 bits per heavy atom. The summed E-state index contributed by atoms with van der Waals surface area (Å²) < 4.78 is 5.34. The van der Waals surface area contributed by atoms with E-state index in [9.17, 15) is 9.90 Å². The normalized spacial score (nSPS) is 19.5. The molecule has 0 radical (unpaired) electrons. The zero-order valence-corrected chi connectivity index (χ0v) is 11.0. The van der Waals surface area contributed by atoms with Gasteiger partial charge in [-0.15, -0.1) is 0 Å². The van der Waals surface area contributed by atoms with Crippen LogP contribution in [0.15, 0.2) is 18.2 Å². The lowest BCUT2D eigenvalue weighted by atomic mass is 10.1. The SMILES string of the molecule is CCOc1cccc(CN2CCC(C(=O)O)C2)c1O. The van der Waals surface area contributed by atoms with Crippen LogP contribution in [0.2, 0.25) is 0 Å². The minimum absolute atomic E-state index is 0.156. The van der Waals surface area contributed by atoms with Gasteiger partial charge in [0.05, 0.1) is 12.5 Å². The van der Waals surface area contributed by atoms with E-state index in [0.29, 0.717) is 31.9 Å². The van der Waals surface area contributed by atoms with Gasteiger partial charge < -0.3 is 14.9 Å². The molecule has 5 heteroatoms. The molecule has 1 aliphatic heterocycles. The second-order valence-electron chi connectivity index (χ2n) is 4.76. The van der Waals surface area contributed by atoms with Gasteiger partial charge in [0.15, 0.2) is 11.5 Å². The molecule has 0 spiro atoms. The van der Waals surface area contributed by atoms with Gasteiger partial charge in [0.2, 0.25) is 0 Å². The second kappa shape index (κ2) is 5.93. The molecule has 0 aromatic heterocycles. The highest BCUT2D eigenvalue weighted by Gasteiger charge is 2.28. The highest BCUT2D eigenvalue weighted by molar-refractivity contribution is 5.70. The van der Waals surface area contributed by atoms with Crippen LogP contribution in [-0.2, 0) is 11.3 Å². The third kappa shape index (κ3) is 3.17. The Hall–Kier alpha value is -1.75. The summed E-state index contributed by atoms with van der Waals surface area (Å²) >= 11 is 0. The summed E-state index contributed by atoms with van der Waals surface area (Å²) in [6.07, 6.45) is 0.668. The van der Waals surface area contributed by atoms with Gasteiger partial charge in [0.25, 0.3) is 0 Å². The maximum Gasteiger partial charge on any atom is 0.307 e. The molecule has 0 saturated carbocycles. The van der Waals surface area contributed by atoms with E-state index in [1.54, 1.807) is 6.07 Å². The number of ether oxygens (including phenoxy) is 1. The van der Waals surface area contributed by atoms with Crippen LogP contribution in [-0.4, -0.2) is 40.8 Å². The summed E-state index contributed by atoms with van der Waals surface area (Å²) in [5, 5.41) is 19.1. The van der Waals surface area contributed by atoms with Crippen LogP contribution in [0.4, 0.5) is 0 Å². The minimum Gasteiger partial charge on any atom is -0.504 e. The molecule has 0 bridgehead atoms. The number of carboxylic acid groups (broad SMARTS) is 1. The van der Waals surface area contributed by atoms with Gasteiger partial charge in [-0.1, -0.05) is 12.1 Å². The number of phenolic OH excluding ortho intramolecular Hbond substituents is 1. The predicted octanol–water partition coefficient (Wildman–Crippen LogP) is 1.70. The molecule has 0 aliphatic carbocycles. The highest BCUT2D eigenvalue weighted by atomic mass is 16.5. The fraction of sp³-hybridized carbons (Fsp3) is 0.500. The molecule has 19 heavy (non-hydrogen) atoms. The molecule has 1 aromatic rings. The lowest BCUT2D eigenvalue weighted by Gasteiger charge is -2.17.